The molecular formula is C44H59FN2O3. The quantitative estimate of drug-likeness (QED) is 0.244. The van der Waals surface area contributed by atoms with Gasteiger partial charge >= 0.3 is 0 Å². The molecule has 1 N–H and O–H groups in total. The van der Waals surface area contributed by atoms with Crippen molar-refractivity contribution in [1.82, 2.24) is 9.80 Å². The van der Waals surface area contributed by atoms with Crippen LogP contribution >= 0.6 is 0 Å². The van der Waals surface area contributed by atoms with E-state index in [9.17, 15) is 14.3 Å². The highest BCUT2D eigenvalue weighted by Gasteiger charge is 2.36. The molecule has 2 atom stereocenters. The van der Waals surface area contributed by atoms with Crippen molar-refractivity contribution in [3.63, 3.8) is 0 Å². The van der Waals surface area contributed by atoms with E-state index in [4.69, 9.17) is 4.74 Å². The smallest absolute Gasteiger partial charge is 0.260 e. The monoisotopic (exact) mass is 682 g/mol. The molecule has 1 amide bonds. The number of hydrogen-bond acceptors (Lipinski definition) is 4. The summed E-state index contributed by atoms with van der Waals surface area (Å²) in [5.41, 5.74) is 7.66. The number of benzene rings is 3. The zero-order chi connectivity index (χ0) is 35.6. The van der Waals surface area contributed by atoms with Crippen LogP contribution in [0.1, 0.15) is 131 Å². The molecule has 0 spiro atoms. The van der Waals surface area contributed by atoms with Gasteiger partial charge in [-0.3, -0.25) is 9.69 Å². The average Bonchev–Trinajstić information content (AvgIpc) is 3.08. The highest BCUT2D eigenvalue weighted by molar-refractivity contribution is 5.78. The molecule has 2 saturated carbocycles. The molecule has 0 aromatic heterocycles. The van der Waals surface area contributed by atoms with Gasteiger partial charge in [0.25, 0.3) is 5.91 Å². The first kappa shape index (κ1) is 36.4. The van der Waals surface area contributed by atoms with Crippen molar-refractivity contribution in [1.29, 1.82) is 0 Å². The zero-order valence-corrected chi connectivity index (χ0v) is 31.4. The minimum atomic E-state index is -0.225. The van der Waals surface area contributed by atoms with Gasteiger partial charge in [0.05, 0.1) is 0 Å². The van der Waals surface area contributed by atoms with E-state index in [2.05, 4.69) is 70.7 Å². The number of aryl methyl sites for hydroxylation is 2. The Bertz CT molecular complexity index is 1650. The van der Waals surface area contributed by atoms with Gasteiger partial charge < -0.3 is 14.7 Å². The molecular weight excluding hydrogens is 623 g/mol. The summed E-state index contributed by atoms with van der Waals surface area (Å²) < 4.78 is 20.3. The maximum Gasteiger partial charge on any atom is 0.260 e. The van der Waals surface area contributed by atoms with Crippen molar-refractivity contribution in [2.24, 2.45) is 0 Å². The predicted molar refractivity (Wildman–Crippen MR) is 201 cm³/mol. The molecule has 3 aromatic rings. The number of carbonyl (C=O) groups excluding carboxylic acids is 1. The SMILES string of the molecule is Cc1cc(Cc2cc(C)cc(C3(C)CCCCC3)c2OCC(=O)N2C[C@H](C)N(Cc3ccc(F)cc3)C[C@H]2C)c(O)c(C2(C)CCCCC2)c1. The molecule has 0 radical (unpaired) electrons. The molecule has 2 aliphatic carbocycles. The molecule has 6 rings (SSSR count). The fourth-order valence-electron chi connectivity index (χ4n) is 9.26. The first-order valence-corrected chi connectivity index (χ1v) is 19.2. The van der Waals surface area contributed by atoms with Crippen molar-refractivity contribution in [3.8, 4) is 11.5 Å². The summed E-state index contributed by atoms with van der Waals surface area (Å²) >= 11 is 0. The second-order valence-electron chi connectivity index (χ2n) is 16.6. The molecule has 3 fully saturated rings. The van der Waals surface area contributed by atoms with Gasteiger partial charge in [0.1, 0.15) is 17.3 Å². The number of aromatic hydroxyl groups is 1. The van der Waals surface area contributed by atoms with E-state index < -0.39 is 0 Å². The van der Waals surface area contributed by atoms with Crippen molar-refractivity contribution >= 4 is 5.91 Å². The molecule has 1 saturated heterocycles. The van der Waals surface area contributed by atoms with E-state index in [0.29, 0.717) is 18.7 Å². The number of hydrogen-bond donors (Lipinski definition) is 1. The summed E-state index contributed by atoms with van der Waals surface area (Å²) in [7, 11) is 0. The Hall–Kier alpha value is -3.38. The van der Waals surface area contributed by atoms with Gasteiger partial charge in [-0.25, -0.2) is 4.39 Å². The number of rotatable bonds is 9. The summed E-state index contributed by atoms with van der Waals surface area (Å²) in [5, 5.41) is 11.9. The zero-order valence-electron chi connectivity index (χ0n) is 31.4. The van der Waals surface area contributed by atoms with Gasteiger partial charge in [-0.05, 0) is 93.0 Å². The summed E-state index contributed by atoms with van der Waals surface area (Å²) in [6.07, 6.45) is 12.3. The van der Waals surface area contributed by atoms with Crippen molar-refractivity contribution in [2.75, 3.05) is 19.7 Å². The Morgan fingerprint density at radius 1 is 0.800 bits per heavy atom. The Morgan fingerprint density at radius 2 is 1.36 bits per heavy atom. The molecule has 0 bridgehead atoms. The van der Waals surface area contributed by atoms with Crippen molar-refractivity contribution in [2.45, 2.75) is 142 Å². The molecule has 6 heteroatoms. The lowest BCUT2D eigenvalue weighted by Crippen LogP contribution is -2.58. The number of phenols is 1. The van der Waals surface area contributed by atoms with Crippen LogP contribution in [0.5, 0.6) is 11.5 Å². The largest absolute Gasteiger partial charge is 0.507 e. The van der Waals surface area contributed by atoms with Crippen LogP contribution in [0, 0.1) is 19.7 Å². The first-order valence-electron chi connectivity index (χ1n) is 19.2. The third-order valence-electron chi connectivity index (χ3n) is 12.3. The number of nitrogens with zero attached hydrogens (tertiary/aromatic N) is 2. The summed E-state index contributed by atoms with van der Waals surface area (Å²) in [6.45, 7) is 15.3. The van der Waals surface area contributed by atoms with E-state index in [1.165, 1.54) is 67.3 Å². The molecule has 1 heterocycles. The van der Waals surface area contributed by atoms with Gasteiger partial charge in [-0.2, -0.15) is 0 Å². The molecule has 0 unspecified atom stereocenters. The van der Waals surface area contributed by atoms with Crippen LogP contribution in [-0.4, -0.2) is 52.6 Å². The molecule has 3 aliphatic rings. The third-order valence-corrected chi connectivity index (χ3v) is 12.3. The van der Waals surface area contributed by atoms with E-state index in [1.54, 1.807) is 0 Å². The maximum atomic E-state index is 14.0. The first-order chi connectivity index (χ1) is 23.8. The highest BCUT2D eigenvalue weighted by Crippen LogP contribution is 2.47. The number of carbonyl (C=O) groups is 1. The lowest BCUT2D eigenvalue weighted by molar-refractivity contribution is -0.139. The van der Waals surface area contributed by atoms with E-state index >= 15 is 0 Å². The van der Waals surface area contributed by atoms with Crippen molar-refractivity contribution in [3.05, 3.63) is 93.3 Å². The number of piperazine rings is 1. The minimum absolute atomic E-state index is 0.00275. The van der Waals surface area contributed by atoms with Crippen LogP contribution in [0.3, 0.4) is 0 Å². The molecule has 1 aliphatic heterocycles. The van der Waals surface area contributed by atoms with Crippen LogP contribution in [0.2, 0.25) is 0 Å². The fourth-order valence-corrected chi connectivity index (χ4v) is 9.26. The summed E-state index contributed by atoms with van der Waals surface area (Å²) in [4.78, 5) is 18.3. The van der Waals surface area contributed by atoms with Crippen LogP contribution in [0.4, 0.5) is 4.39 Å². The number of halogens is 1. The lowest BCUT2D eigenvalue weighted by Gasteiger charge is -2.44. The second-order valence-corrected chi connectivity index (χ2v) is 16.6. The summed E-state index contributed by atoms with van der Waals surface area (Å²) in [5.74, 6) is 1.03. The van der Waals surface area contributed by atoms with Gasteiger partial charge in [-0.15, -0.1) is 0 Å². The van der Waals surface area contributed by atoms with Crippen LogP contribution in [0.15, 0.2) is 48.5 Å². The highest BCUT2D eigenvalue weighted by atomic mass is 19.1. The maximum absolute atomic E-state index is 14.0. The fraction of sp³-hybridized carbons (Fsp3) is 0.568. The second kappa shape index (κ2) is 15.1. The molecule has 50 heavy (non-hydrogen) atoms. The van der Waals surface area contributed by atoms with E-state index in [1.807, 2.05) is 17.0 Å². The van der Waals surface area contributed by atoms with Crippen LogP contribution in [0.25, 0.3) is 0 Å². The van der Waals surface area contributed by atoms with Crippen LogP contribution in [-0.2, 0) is 28.6 Å². The van der Waals surface area contributed by atoms with Gasteiger partial charge in [0, 0.05) is 49.3 Å². The Kier molecular flexibility index (Phi) is 11.0. The standard InChI is InChI=1S/C44H59FN2O3/c1-30-21-35(41(49)38(23-30)43(5)17-9-7-10-18-43)25-36-22-31(2)24-39(44(6)19-11-8-12-20-44)42(36)50-29-40(48)47-27-32(3)46(26-33(47)4)28-34-13-15-37(45)16-14-34/h13-16,21-24,32-33,49H,7-12,17-20,25-29H2,1-6H3/t32-,33+/m0/s1. The predicted octanol–water partition coefficient (Wildman–Crippen LogP) is 9.68. The summed E-state index contributed by atoms with van der Waals surface area (Å²) in [6, 6.07) is 15.7. The normalized spacial score (nSPS) is 22.3. The van der Waals surface area contributed by atoms with Crippen molar-refractivity contribution < 1.29 is 19.0 Å². The number of phenolic OH excluding ortho intramolecular Hbond substituents is 1. The average molecular weight is 683 g/mol. The van der Waals surface area contributed by atoms with E-state index in [0.717, 1.165) is 66.8 Å². The Labute approximate surface area is 300 Å². The number of ether oxygens (including phenoxy) is 1. The molecule has 5 nitrogen and oxygen atoms in total. The Morgan fingerprint density at radius 3 is 1.98 bits per heavy atom. The van der Waals surface area contributed by atoms with Gasteiger partial charge in [0.15, 0.2) is 6.61 Å². The lowest BCUT2D eigenvalue weighted by atomic mass is 9.69. The minimum Gasteiger partial charge on any atom is -0.507 e. The van der Waals surface area contributed by atoms with Crippen LogP contribution < -0.4 is 4.74 Å². The third kappa shape index (κ3) is 7.91. The van der Waals surface area contributed by atoms with Gasteiger partial charge in [-0.1, -0.05) is 99.9 Å². The topological polar surface area (TPSA) is 53.0 Å². The Balaban J connectivity index is 1.27. The molecule has 3 aromatic carbocycles. The molecule has 270 valence electrons. The van der Waals surface area contributed by atoms with Gasteiger partial charge in [0.2, 0.25) is 0 Å². The van der Waals surface area contributed by atoms with E-state index in [-0.39, 0.29) is 41.2 Å². The number of amides is 1.